The number of rotatable bonds is 0. The summed E-state index contributed by atoms with van der Waals surface area (Å²) in [6.45, 7) is 0. The Kier molecular flexibility index (Phi) is 2.54. The predicted octanol–water partition coefficient (Wildman–Crippen LogP) is 3.07. The quantitative estimate of drug-likeness (QED) is 0.627. The van der Waals surface area contributed by atoms with Crippen molar-refractivity contribution in [2.24, 2.45) is 5.92 Å². The molecule has 5 rings (SSSR count). The van der Waals surface area contributed by atoms with Gasteiger partial charge in [-0.1, -0.05) is 11.8 Å². The summed E-state index contributed by atoms with van der Waals surface area (Å²) in [5.74, 6) is 7.58. The van der Waals surface area contributed by atoms with Crippen LogP contribution in [0.5, 0.6) is 0 Å². The van der Waals surface area contributed by atoms with Gasteiger partial charge in [-0.2, -0.15) is 0 Å². The van der Waals surface area contributed by atoms with Crippen molar-refractivity contribution in [3.05, 3.63) is 41.2 Å². The topological polar surface area (TPSA) is 67.6 Å². The van der Waals surface area contributed by atoms with Crippen LogP contribution in [-0.4, -0.2) is 15.0 Å². The van der Waals surface area contributed by atoms with Crippen LogP contribution in [0.2, 0.25) is 0 Å². The van der Waals surface area contributed by atoms with Crippen molar-refractivity contribution in [2.75, 3.05) is 5.73 Å². The highest BCUT2D eigenvalue weighted by Gasteiger charge is 2.23. The lowest BCUT2D eigenvalue weighted by Crippen LogP contribution is -2.07. The molecule has 4 nitrogen and oxygen atoms in total. The molecule has 0 spiro atoms. The Bertz CT molecular complexity index is 999. The summed E-state index contributed by atoms with van der Waals surface area (Å²) in [7, 11) is 0. The third kappa shape index (κ3) is 2.08. The predicted molar refractivity (Wildman–Crippen MR) is 90.7 cm³/mol. The molecule has 3 N–H and O–H groups in total. The Morgan fingerprint density at radius 1 is 1.22 bits per heavy atom. The number of nitrogen functional groups attached to an aromatic ring is 1. The smallest absolute Gasteiger partial charge is 0.220 e. The molecule has 2 aliphatic carbocycles. The van der Waals surface area contributed by atoms with Crippen molar-refractivity contribution in [1.29, 1.82) is 0 Å². The van der Waals surface area contributed by atoms with Crippen molar-refractivity contribution >= 4 is 16.9 Å². The number of nitrogens with one attached hydrogen (secondary N) is 1. The number of hydrogen-bond donors (Lipinski definition) is 2. The zero-order valence-electron chi connectivity index (χ0n) is 12.7. The number of fused-ring (bicyclic) bond motifs is 5. The number of aryl methyl sites for hydroxylation is 2. The van der Waals surface area contributed by atoms with Crippen LogP contribution in [0, 0.1) is 17.8 Å². The van der Waals surface area contributed by atoms with E-state index in [1.807, 2.05) is 6.20 Å². The van der Waals surface area contributed by atoms with Crippen LogP contribution in [0.4, 0.5) is 5.95 Å². The summed E-state index contributed by atoms with van der Waals surface area (Å²) < 4.78 is 0. The van der Waals surface area contributed by atoms with Crippen LogP contribution < -0.4 is 5.73 Å². The van der Waals surface area contributed by atoms with Crippen molar-refractivity contribution in [1.82, 2.24) is 15.0 Å². The van der Waals surface area contributed by atoms with E-state index in [0.717, 1.165) is 29.6 Å². The van der Waals surface area contributed by atoms with Crippen molar-refractivity contribution in [3.8, 4) is 23.1 Å². The zero-order chi connectivity index (χ0) is 15.4. The van der Waals surface area contributed by atoms with Gasteiger partial charge in [0.1, 0.15) is 0 Å². The molecular weight excluding hydrogens is 284 g/mol. The SMILES string of the molecule is Nc1ncc2c(n1)-c1c([nH]c3ccc(C#CC4CC4)cc13)CC2. The average molecular weight is 300 g/mol. The minimum atomic E-state index is 0.329. The second-order valence-electron chi connectivity index (χ2n) is 6.38. The van der Waals surface area contributed by atoms with E-state index in [1.54, 1.807) is 0 Å². The van der Waals surface area contributed by atoms with Gasteiger partial charge >= 0.3 is 0 Å². The number of H-pyrrole nitrogens is 1. The van der Waals surface area contributed by atoms with Gasteiger partial charge in [-0.05, 0) is 49.4 Å². The van der Waals surface area contributed by atoms with Crippen molar-refractivity contribution < 1.29 is 0 Å². The summed E-state index contributed by atoms with van der Waals surface area (Å²) >= 11 is 0. The molecule has 1 fully saturated rings. The molecule has 4 heteroatoms. The van der Waals surface area contributed by atoms with Gasteiger partial charge in [-0.25, -0.2) is 9.97 Å². The highest BCUT2D eigenvalue weighted by molar-refractivity contribution is 5.98. The molecule has 2 aromatic heterocycles. The van der Waals surface area contributed by atoms with E-state index in [9.17, 15) is 0 Å². The van der Waals surface area contributed by atoms with Crippen LogP contribution in [0.1, 0.15) is 29.7 Å². The van der Waals surface area contributed by atoms with Gasteiger partial charge in [0, 0.05) is 39.8 Å². The van der Waals surface area contributed by atoms with Gasteiger partial charge in [0.25, 0.3) is 0 Å². The zero-order valence-corrected chi connectivity index (χ0v) is 12.7. The van der Waals surface area contributed by atoms with E-state index in [2.05, 4.69) is 45.0 Å². The molecule has 0 bridgehead atoms. The van der Waals surface area contributed by atoms with Gasteiger partial charge in [0.15, 0.2) is 0 Å². The number of anilines is 1. The lowest BCUT2D eigenvalue weighted by Gasteiger charge is -2.15. The van der Waals surface area contributed by atoms with E-state index in [-0.39, 0.29) is 0 Å². The normalized spacial score (nSPS) is 15.7. The van der Waals surface area contributed by atoms with Crippen LogP contribution in [0.25, 0.3) is 22.2 Å². The average Bonchev–Trinajstić information content (AvgIpc) is 3.31. The third-order valence-corrected chi connectivity index (χ3v) is 4.64. The summed E-state index contributed by atoms with van der Waals surface area (Å²) in [5, 5.41) is 1.18. The molecule has 1 aromatic carbocycles. The molecular formula is C19H16N4. The van der Waals surface area contributed by atoms with Crippen LogP contribution >= 0.6 is 0 Å². The number of benzene rings is 1. The van der Waals surface area contributed by atoms with Gasteiger partial charge < -0.3 is 10.7 Å². The first-order chi connectivity index (χ1) is 11.3. The van der Waals surface area contributed by atoms with Gasteiger partial charge in [-0.3, -0.25) is 0 Å². The molecule has 0 aliphatic heterocycles. The first-order valence-corrected chi connectivity index (χ1v) is 8.06. The Morgan fingerprint density at radius 3 is 3.00 bits per heavy atom. The molecule has 23 heavy (non-hydrogen) atoms. The molecule has 2 heterocycles. The van der Waals surface area contributed by atoms with E-state index in [0.29, 0.717) is 11.9 Å². The molecule has 0 amide bonds. The van der Waals surface area contributed by atoms with E-state index >= 15 is 0 Å². The Hall–Kier alpha value is -2.80. The molecule has 0 radical (unpaired) electrons. The Morgan fingerprint density at radius 2 is 2.13 bits per heavy atom. The van der Waals surface area contributed by atoms with E-state index < -0.39 is 0 Å². The first kappa shape index (κ1) is 12.7. The molecule has 0 unspecified atom stereocenters. The van der Waals surface area contributed by atoms with Crippen LogP contribution in [0.3, 0.4) is 0 Å². The maximum absolute atomic E-state index is 5.81. The minimum absolute atomic E-state index is 0.329. The first-order valence-electron chi connectivity index (χ1n) is 8.06. The fourth-order valence-electron chi connectivity index (χ4n) is 3.28. The van der Waals surface area contributed by atoms with Gasteiger partial charge in [-0.15, -0.1) is 0 Å². The van der Waals surface area contributed by atoms with Crippen molar-refractivity contribution in [2.45, 2.75) is 25.7 Å². The number of aromatic nitrogens is 3. The largest absolute Gasteiger partial charge is 0.368 e. The monoisotopic (exact) mass is 300 g/mol. The number of aromatic amines is 1. The highest BCUT2D eigenvalue weighted by atomic mass is 15.0. The molecule has 2 aliphatic rings. The number of hydrogen-bond acceptors (Lipinski definition) is 3. The summed E-state index contributed by atoms with van der Waals surface area (Å²) in [6.07, 6.45) is 6.28. The van der Waals surface area contributed by atoms with Crippen LogP contribution in [-0.2, 0) is 12.8 Å². The van der Waals surface area contributed by atoms with E-state index in [1.165, 1.54) is 35.0 Å². The molecule has 112 valence electrons. The lowest BCUT2D eigenvalue weighted by molar-refractivity contribution is 0.891. The Labute approximate surface area is 134 Å². The molecule has 0 saturated heterocycles. The molecule has 1 saturated carbocycles. The van der Waals surface area contributed by atoms with Crippen molar-refractivity contribution in [3.63, 3.8) is 0 Å². The second kappa shape index (κ2) is 4.60. The maximum Gasteiger partial charge on any atom is 0.220 e. The third-order valence-electron chi connectivity index (χ3n) is 4.64. The van der Waals surface area contributed by atoms with Crippen LogP contribution in [0.15, 0.2) is 24.4 Å². The fourth-order valence-corrected chi connectivity index (χ4v) is 3.28. The summed E-state index contributed by atoms with van der Waals surface area (Å²) in [6, 6.07) is 6.39. The number of nitrogens with two attached hydrogens (primary N) is 1. The standard InChI is InChI=1S/C19H16N4/c20-19-21-10-13-6-8-16-17(18(13)23-19)14-9-12(4-3-11-1-2-11)5-7-15(14)22-16/h5,7,9-11,22H,1-2,6,8H2,(H2,20,21,23). The maximum atomic E-state index is 5.81. The number of nitrogens with zero attached hydrogens (tertiary/aromatic N) is 2. The lowest BCUT2D eigenvalue weighted by atomic mass is 9.93. The van der Waals surface area contributed by atoms with E-state index in [4.69, 9.17) is 5.73 Å². The fraction of sp³-hybridized carbons (Fsp3) is 0.263. The summed E-state index contributed by atoms with van der Waals surface area (Å²) in [4.78, 5) is 12.2. The summed E-state index contributed by atoms with van der Waals surface area (Å²) in [5.41, 5.74) is 12.6. The van der Waals surface area contributed by atoms with Gasteiger partial charge in [0.05, 0.1) is 5.69 Å². The molecule has 3 aromatic rings. The molecule has 0 atom stereocenters. The minimum Gasteiger partial charge on any atom is -0.368 e. The van der Waals surface area contributed by atoms with Gasteiger partial charge in [0.2, 0.25) is 5.95 Å². The Balaban J connectivity index is 1.72. The second-order valence-corrected chi connectivity index (χ2v) is 6.38. The highest BCUT2D eigenvalue weighted by Crippen LogP contribution is 2.38.